The first-order valence-electron chi connectivity index (χ1n) is 10.7. The average molecular weight is 538 g/mol. The molecule has 1 aliphatic rings. The van der Waals surface area contributed by atoms with Crippen molar-refractivity contribution in [2.45, 2.75) is 31.0 Å². The third-order valence-electron chi connectivity index (χ3n) is 5.89. The van der Waals surface area contributed by atoms with E-state index in [0.717, 1.165) is 11.1 Å². The van der Waals surface area contributed by atoms with Gasteiger partial charge in [-0.1, -0.05) is 23.7 Å². The zero-order valence-corrected chi connectivity index (χ0v) is 20.7. The zero-order valence-electron chi connectivity index (χ0n) is 18.3. The fourth-order valence-electron chi connectivity index (χ4n) is 4.11. The van der Waals surface area contributed by atoms with Gasteiger partial charge in [0.15, 0.2) is 0 Å². The van der Waals surface area contributed by atoms with Crippen molar-refractivity contribution >= 4 is 44.8 Å². The van der Waals surface area contributed by atoms with Crippen molar-refractivity contribution in [3.8, 4) is 0 Å². The zero-order chi connectivity index (χ0) is 25.2. The van der Waals surface area contributed by atoms with Crippen molar-refractivity contribution in [1.82, 2.24) is 14.7 Å². The smallest absolute Gasteiger partial charge is 0.333 e. The van der Waals surface area contributed by atoms with Gasteiger partial charge in [-0.05, 0) is 47.5 Å². The number of carbonyl (C=O) groups is 1. The number of aliphatic hydroxyl groups is 1. The minimum Gasteiger partial charge on any atom is -0.393 e. The largest absolute Gasteiger partial charge is 0.393 e. The maximum Gasteiger partial charge on any atom is 0.333 e. The molecule has 1 aromatic carbocycles. The van der Waals surface area contributed by atoms with Crippen molar-refractivity contribution in [2.24, 2.45) is 11.7 Å². The van der Waals surface area contributed by atoms with Gasteiger partial charge in [-0.3, -0.25) is 9.35 Å². The number of carbonyl (C=O) groups excluding carboxylic acids is 1. The molecular formula is C22H24ClN5O5S2. The Kier molecular flexibility index (Phi) is 7.81. The number of anilines is 1. The van der Waals surface area contributed by atoms with Gasteiger partial charge >= 0.3 is 10.3 Å². The van der Waals surface area contributed by atoms with Crippen molar-refractivity contribution in [3.05, 3.63) is 74.8 Å². The van der Waals surface area contributed by atoms with Crippen LogP contribution in [0.4, 0.5) is 5.82 Å². The maximum atomic E-state index is 13.3. The predicted octanol–water partition coefficient (Wildman–Crippen LogP) is 2.41. The minimum atomic E-state index is -4.35. The summed E-state index contributed by atoms with van der Waals surface area (Å²) in [6.07, 6.45) is 2.70. The average Bonchev–Trinajstić information content (AvgIpc) is 3.43. The highest BCUT2D eigenvalue weighted by Crippen LogP contribution is 2.31. The molecule has 0 bridgehead atoms. The number of rotatable bonds is 9. The van der Waals surface area contributed by atoms with Crippen LogP contribution in [0.15, 0.2) is 48.2 Å². The van der Waals surface area contributed by atoms with Gasteiger partial charge in [0.2, 0.25) is 5.78 Å². The predicted molar refractivity (Wildman–Crippen MR) is 133 cm³/mol. The fourth-order valence-corrected chi connectivity index (χ4v) is 5.64. The van der Waals surface area contributed by atoms with Gasteiger partial charge in [-0.2, -0.15) is 13.1 Å². The van der Waals surface area contributed by atoms with Crippen LogP contribution in [0.2, 0.25) is 5.02 Å². The third kappa shape index (κ3) is 6.41. The molecule has 0 spiro atoms. The number of aliphatic hydroxyl groups excluding tert-OH is 1. The SMILES string of the molecule is N[C@@H](c1cccc(Cl)c1)c1csc(C(=O)c2cncnc2N[C@@H]2C[C@H](CNS(=O)(=O)O)[C@@H](O)C2)c1. The number of nitrogens with one attached hydrogen (secondary N) is 2. The number of halogens is 1. The highest BCUT2D eigenvalue weighted by atomic mass is 35.5. The summed E-state index contributed by atoms with van der Waals surface area (Å²) in [5.74, 6) is -0.353. The first-order chi connectivity index (χ1) is 16.6. The van der Waals surface area contributed by atoms with Crippen LogP contribution in [0.5, 0.6) is 0 Å². The maximum absolute atomic E-state index is 13.3. The Balaban J connectivity index is 1.47. The molecule has 6 N–H and O–H groups in total. The highest BCUT2D eigenvalue weighted by molar-refractivity contribution is 7.83. The van der Waals surface area contributed by atoms with E-state index in [2.05, 4.69) is 15.3 Å². The van der Waals surface area contributed by atoms with Crippen molar-refractivity contribution in [2.75, 3.05) is 11.9 Å². The molecule has 0 radical (unpaired) electrons. The Morgan fingerprint density at radius 2 is 2.09 bits per heavy atom. The molecule has 0 saturated heterocycles. The Morgan fingerprint density at radius 3 is 2.83 bits per heavy atom. The van der Waals surface area contributed by atoms with E-state index in [1.165, 1.54) is 23.9 Å². The van der Waals surface area contributed by atoms with Crippen LogP contribution in [0.25, 0.3) is 0 Å². The lowest BCUT2D eigenvalue weighted by Gasteiger charge is -2.15. The second kappa shape index (κ2) is 10.7. The molecule has 2 heterocycles. The van der Waals surface area contributed by atoms with Gasteiger partial charge in [0.1, 0.15) is 12.1 Å². The monoisotopic (exact) mass is 537 g/mol. The standard InChI is InChI=1S/C22H24ClN5O5S2/c23-15-3-1-2-12(4-15)20(24)14-6-19(34-10-14)21(30)17-9-25-11-26-22(17)28-16-5-13(18(29)7-16)8-27-35(31,32)33/h1-4,6,9-11,13,16,18,20,27,29H,5,7-8,24H2,(H,25,26,28)(H,31,32,33)/t13-,16-,18+,20+/m1/s1. The molecule has 1 aliphatic carbocycles. The fraction of sp³-hybridized carbons (Fsp3) is 0.318. The van der Waals surface area contributed by atoms with E-state index in [-0.39, 0.29) is 23.9 Å². The quantitative estimate of drug-likeness (QED) is 0.203. The number of nitrogens with zero attached hydrogens (tertiary/aromatic N) is 2. The second-order valence-corrected chi connectivity index (χ2v) is 10.9. The van der Waals surface area contributed by atoms with Gasteiger partial charge in [0.25, 0.3) is 0 Å². The normalized spacial score (nSPS) is 21.1. The number of nitrogens with two attached hydrogens (primary N) is 1. The van der Waals surface area contributed by atoms with E-state index in [9.17, 15) is 18.3 Å². The van der Waals surface area contributed by atoms with E-state index < -0.39 is 28.4 Å². The van der Waals surface area contributed by atoms with Crippen LogP contribution in [-0.2, 0) is 10.3 Å². The van der Waals surface area contributed by atoms with Crippen LogP contribution in [-0.4, -0.2) is 52.5 Å². The molecule has 1 fully saturated rings. The van der Waals surface area contributed by atoms with Crippen LogP contribution in [0.3, 0.4) is 0 Å². The molecule has 0 unspecified atom stereocenters. The molecule has 0 amide bonds. The van der Waals surface area contributed by atoms with Crippen LogP contribution < -0.4 is 15.8 Å². The topological polar surface area (TPSA) is 168 Å². The first kappa shape index (κ1) is 25.6. The molecule has 4 atom stereocenters. The summed E-state index contributed by atoms with van der Waals surface area (Å²) in [7, 11) is -4.35. The van der Waals surface area contributed by atoms with E-state index in [0.29, 0.717) is 28.6 Å². The molecule has 13 heteroatoms. The van der Waals surface area contributed by atoms with Crippen molar-refractivity contribution in [3.63, 3.8) is 0 Å². The number of ketones is 1. The highest BCUT2D eigenvalue weighted by Gasteiger charge is 2.34. The van der Waals surface area contributed by atoms with Crippen molar-refractivity contribution in [1.29, 1.82) is 0 Å². The summed E-state index contributed by atoms with van der Waals surface area (Å²) in [6, 6.07) is 8.29. The molecule has 186 valence electrons. The summed E-state index contributed by atoms with van der Waals surface area (Å²) in [5.41, 5.74) is 8.25. The van der Waals surface area contributed by atoms with E-state index in [1.807, 2.05) is 22.2 Å². The summed E-state index contributed by atoms with van der Waals surface area (Å²) in [5, 5.41) is 15.9. The number of thiophene rings is 1. The Bertz CT molecular complexity index is 1320. The summed E-state index contributed by atoms with van der Waals surface area (Å²) >= 11 is 7.34. The molecule has 1 saturated carbocycles. The molecule has 4 rings (SSSR count). The van der Waals surface area contributed by atoms with Gasteiger partial charge in [-0.25, -0.2) is 9.97 Å². The molecule has 3 aromatic rings. The number of hydrogen-bond donors (Lipinski definition) is 5. The van der Waals surface area contributed by atoms with E-state index in [1.54, 1.807) is 18.2 Å². The molecule has 10 nitrogen and oxygen atoms in total. The first-order valence-corrected chi connectivity index (χ1v) is 13.4. The molecule has 35 heavy (non-hydrogen) atoms. The Hall–Kier alpha value is -2.45. The molecule has 0 aliphatic heterocycles. The summed E-state index contributed by atoms with van der Waals surface area (Å²) in [6.45, 7) is -0.0986. The molecular weight excluding hydrogens is 514 g/mol. The van der Waals surface area contributed by atoms with Crippen LogP contribution in [0.1, 0.15) is 45.2 Å². The number of benzene rings is 1. The van der Waals surface area contributed by atoms with Gasteiger partial charge in [-0.15, -0.1) is 11.3 Å². The minimum absolute atomic E-state index is 0.0986. The van der Waals surface area contributed by atoms with Crippen molar-refractivity contribution < 1.29 is 22.9 Å². The second-order valence-electron chi connectivity index (χ2n) is 8.35. The third-order valence-corrected chi connectivity index (χ3v) is 7.61. The Labute approximate surface area is 211 Å². The number of hydrogen-bond acceptors (Lipinski definition) is 9. The lowest BCUT2D eigenvalue weighted by Crippen LogP contribution is -2.32. The summed E-state index contributed by atoms with van der Waals surface area (Å²) < 4.78 is 32.8. The van der Waals surface area contributed by atoms with Gasteiger partial charge < -0.3 is 16.2 Å². The van der Waals surface area contributed by atoms with Crippen LogP contribution in [0, 0.1) is 5.92 Å². The number of aromatic nitrogens is 2. The van der Waals surface area contributed by atoms with E-state index in [4.69, 9.17) is 21.9 Å². The van der Waals surface area contributed by atoms with Gasteiger partial charge in [0.05, 0.1) is 22.6 Å². The summed E-state index contributed by atoms with van der Waals surface area (Å²) in [4.78, 5) is 22.0. The Morgan fingerprint density at radius 1 is 1.29 bits per heavy atom. The van der Waals surface area contributed by atoms with Crippen LogP contribution >= 0.6 is 22.9 Å². The molecule has 2 aromatic heterocycles. The lowest BCUT2D eigenvalue weighted by molar-refractivity contribution is 0.104. The lowest BCUT2D eigenvalue weighted by atomic mass is 10.0. The van der Waals surface area contributed by atoms with Gasteiger partial charge in [0, 0.05) is 29.7 Å². The van der Waals surface area contributed by atoms with E-state index >= 15 is 0 Å².